The van der Waals surface area contributed by atoms with Crippen molar-refractivity contribution in [2.24, 2.45) is 11.8 Å². The van der Waals surface area contributed by atoms with E-state index >= 15 is 0 Å². The molecule has 1 saturated heterocycles. The number of amidine groups is 1. The van der Waals surface area contributed by atoms with Crippen molar-refractivity contribution >= 4 is 5.84 Å². The lowest BCUT2D eigenvalue weighted by Crippen LogP contribution is -2.39. The smallest absolute Gasteiger partial charge is 0.0957 e. The van der Waals surface area contributed by atoms with Gasteiger partial charge in [-0.05, 0) is 37.5 Å². The van der Waals surface area contributed by atoms with E-state index in [1.165, 1.54) is 45.1 Å². The summed E-state index contributed by atoms with van der Waals surface area (Å²) in [6, 6.07) is 0. The minimum absolute atomic E-state index is 0.868. The highest BCUT2D eigenvalue weighted by Gasteiger charge is 2.23. The Kier molecular flexibility index (Phi) is 3.66. The Morgan fingerprint density at radius 3 is 2.87 bits per heavy atom. The zero-order chi connectivity index (χ0) is 10.7. The predicted octanol–water partition coefficient (Wildman–Crippen LogP) is 3.28. The van der Waals surface area contributed by atoms with Gasteiger partial charge in [-0.15, -0.1) is 0 Å². The molecule has 0 radical (unpaired) electrons. The van der Waals surface area contributed by atoms with E-state index in [0.717, 1.165) is 30.6 Å². The van der Waals surface area contributed by atoms with E-state index in [2.05, 4.69) is 11.8 Å². The number of hydrogen-bond acceptors (Lipinski definition) is 1. The van der Waals surface area contributed by atoms with E-state index < -0.39 is 0 Å². The first kappa shape index (κ1) is 11.0. The van der Waals surface area contributed by atoms with Crippen LogP contribution in [0.25, 0.3) is 0 Å². The van der Waals surface area contributed by atoms with E-state index in [1.54, 1.807) is 0 Å². The lowest BCUT2D eigenvalue weighted by molar-refractivity contribution is 0.221. The van der Waals surface area contributed by atoms with Crippen molar-refractivity contribution in [2.45, 2.75) is 51.9 Å². The van der Waals surface area contributed by atoms with Gasteiger partial charge in [0.1, 0.15) is 0 Å². The average Bonchev–Trinajstić information content (AvgIpc) is 2.22. The van der Waals surface area contributed by atoms with Gasteiger partial charge in [0, 0.05) is 19.5 Å². The molecule has 0 spiro atoms. The summed E-state index contributed by atoms with van der Waals surface area (Å²) in [5, 5.41) is 7.94. The summed E-state index contributed by atoms with van der Waals surface area (Å²) < 4.78 is 0. The normalized spacial score (nSPS) is 33.1. The fourth-order valence-corrected chi connectivity index (χ4v) is 3.13. The Morgan fingerprint density at radius 2 is 2.13 bits per heavy atom. The van der Waals surface area contributed by atoms with Crippen LogP contribution in [0, 0.1) is 17.2 Å². The second-order valence-corrected chi connectivity index (χ2v) is 5.49. The van der Waals surface area contributed by atoms with Crippen molar-refractivity contribution < 1.29 is 0 Å². The molecule has 0 bridgehead atoms. The molecule has 1 aliphatic heterocycles. The van der Waals surface area contributed by atoms with Crippen LogP contribution in [0.3, 0.4) is 0 Å². The molecule has 15 heavy (non-hydrogen) atoms. The molecule has 1 N–H and O–H groups in total. The molecule has 1 heterocycles. The van der Waals surface area contributed by atoms with Crippen LogP contribution >= 0.6 is 0 Å². The van der Waals surface area contributed by atoms with Crippen LogP contribution in [0.1, 0.15) is 51.9 Å². The topological polar surface area (TPSA) is 27.1 Å². The minimum Gasteiger partial charge on any atom is -0.360 e. The highest BCUT2D eigenvalue weighted by molar-refractivity contribution is 5.79. The molecule has 2 aliphatic rings. The third-order valence-corrected chi connectivity index (χ3v) is 4.00. The zero-order valence-electron chi connectivity index (χ0n) is 9.97. The van der Waals surface area contributed by atoms with Crippen molar-refractivity contribution in [2.75, 3.05) is 13.1 Å². The highest BCUT2D eigenvalue weighted by Crippen LogP contribution is 2.29. The quantitative estimate of drug-likeness (QED) is 0.741. The molecule has 2 fully saturated rings. The van der Waals surface area contributed by atoms with Crippen LogP contribution in [-0.2, 0) is 0 Å². The van der Waals surface area contributed by atoms with E-state index in [9.17, 15) is 0 Å². The highest BCUT2D eigenvalue weighted by atomic mass is 15.2. The lowest BCUT2D eigenvalue weighted by Gasteiger charge is -2.35. The van der Waals surface area contributed by atoms with Gasteiger partial charge in [0.2, 0.25) is 0 Å². The zero-order valence-corrected chi connectivity index (χ0v) is 9.97. The van der Waals surface area contributed by atoms with Crippen LogP contribution in [0.15, 0.2) is 0 Å². The van der Waals surface area contributed by atoms with Gasteiger partial charge in [0.25, 0.3) is 0 Å². The van der Waals surface area contributed by atoms with Gasteiger partial charge in [-0.25, -0.2) is 0 Å². The molecule has 0 aromatic rings. The van der Waals surface area contributed by atoms with E-state index in [1.807, 2.05) is 0 Å². The molecule has 1 saturated carbocycles. The summed E-state index contributed by atoms with van der Waals surface area (Å²) in [5.74, 6) is 2.69. The van der Waals surface area contributed by atoms with Gasteiger partial charge < -0.3 is 4.90 Å². The summed E-state index contributed by atoms with van der Waals surface area (Å²) in [4.78, 5) is 2.34. The van der Waals surface area contributed by atoms with Crippen molar-refractivity contribution in [3.63, 3.8) is 0 Å². The maximum atomic E-state index is 7.94. The molecule has 0 aromatic heterocycles. The largest absolute Gasteiger partial charge is 0.360 e. The Morgan fingerprint density at radius 1 is 1.27 bits per heavy atom. The Balaban J connectivity index is 1.81. The molecule has 2 rings (SSSR count). The fraction of sp³-hybridized carbons (Fsp3) is 0.923. The molecule has 2 heteroatoms. The maximum absolute atomic E-state index is 7.94. The first-order valence-electron chi connectivity index (χ1n) is 6.58. The van der Waals surface area contributed by atoms with Gasteiger partial charge in [0.05, 0.1) is 5.84 Å². The molecule has 2 atom stereocenters. The van der Waals surface area contributed by atoms with Gasteiger partial charge in [-0.2, -0.15) is 0 Å². The molecule has 2 unspecified atom stereocenters. The van der Waals surface area contributed by atoms with Gasteiger partial charge >= 0.3 is 0 Å². The van der Waals surface area contributed by atoms with Crippen LogP contribution in [-0.4, -0.2) is 23.8 Å². The summed E-state index contributed by atoms with van der Waals surface area (Å²) >= 11 is 0. The Bertz CT molecular complexity index is 225. The Labute approximate surface area is 93.6 Å². The second-order valence-electron chi connectivity index (χ2n) is 5.49. The van der Waals surface area contributed by atoms with Gasteiger partial charge in [-0.3, -0.25) is 5.41 Å². The van der Waals surface area contributed by atoms with Crippen LogP contribution in [0.4, 0.5) is 0 Å². The number of rotatable bonds is 2. The summed E-state index contributed by atoms with van der Waals surface area (Å²) in [6.45, 7) is 4.70. The number of nitrogens with zero attached hydrogens (tertiary/aromatic N) is 1. The standard InChI is InChI=1S/C13H24N2/c1-11-5-4-6-12(9-11)10-15-8-3-2-7-13(15)14/h11-12,14H,2-10H2,1H3. The number of hydrogen-bond donors (Lipinski definition) is 1. The maximum Gasteiger partial charge on any atom is 0.0957 e. The summed E-state index contributed by atoms with van der Waals surface area (Å²) in [5.41, 5.74) is 0. The predicted molar refractivity (Wildman–Crippen MR) is 64.3 cm³/mol. The van der Waals surface area contributed by atoms with Crippen LogP contribution < -0.4 is 0 Å². The van der Waals surface area contributed by atoms with E-state index in [0.29, 0.717) is 0 Å². The first-order valence-corrected chi connectivity index (χ1v) is 6.58. The van der Waals surface area contributed by atoms with Crippen LogP contribution in [0.2, 0.25) is 0 Å². The monoisotopic (exact) mass is 208 g/mol. The first-order chi connectivity index (χ1) is 7.25. The van der Waals surface area contributed by atoms with E-state index in [4.69, 9.17) is 5.41 Å². The molecule has 0 aromatic carbocycles. The summed E-state index contributed by atoms with van der Waals surface area (Å²) in [6.07, 6.45) is 9.17. The van der Waals surface area contributed by atoms with Crippen molar-refractivity contribution in [3.05, 3.63) is 0 Å². The Hall–Kier alpha value is -0.530. The molecular formula is C13H24N2. The second kappa shape index (κ2) is 5.00. The minimum atomic E-state index is 0.868. The number of piperidine rings is 1. The number of likely N-dealkylation sites (tertiary alicyclic amines) is 1. The lowest BCUT2D eigenvalue weighted by atomic mass is 9.82. The fourth-order valence-electron chi connectivity index (χ4n) is 3.13. The van der Waals surface area contributed by atoms with Crippen molar-refractivity contribution in [1.82, 2.24) is 4.90 Å². The molecule has 0 amide bonds. The third kappa shape index (κ3) is 2.96. The third-order valence-electron chi connectivity index (χ3n) is 4.00. The van der Waals surface area contributed by atoms with Gasteiger partial charge in [0.15, 0.2) is 0 Å². The molecule has 1 aliphatic carbocycles. The van der Waals surface area contributed by atoms with E-state index in [-0.39, 0.29) is 0 Å². The molecular weight excluding hydrogens is 184 g/mol. The molecule has 86 valence electrons. The van der Waals surface area contributed by atoms with Gasteiger partial charge in [-0.1, -0.05) is 19.8 Å². The van der Waals surface area contributed by atoms with Crippen LogP contribution in [0.5, 0.6) is 0 Å². The average molecular weight is 208 g/mol. The SMILES string of the molecule is CC1CCCC(CN2CCCCC2=N)C1. The van der Waals surface area contributed by atoms with Crippen molar-refractivity contribution in [3.8, 4) is 0 Å². The summed E-state index contributed by atoms with van der Waals surface area (Å²) in [7, 11) is 0. The molecule has 2 nitrogen and oxygen atoms in total. The number of nitrogens with one attached hydrogen (secondary N) is 1. The van der Waals surface area contributed by atoms with Crippen molar-refractivity contribution in [1.29, 1.82) is 5.41 Å².